The lowest BCUT2D eigenvalue weighted by atomic mass is 10.2. The Labute approximate surface area is 118 Å². The SMILES string of the molecule is C=C(C)C(=O)Oc1ccc(N2CCS(=O)(=O)CC2)cc1. The molecule has 1 aromatic carbocycles. The Morgan fingerprint density at radius 3 is 2.25 bits per heavy atom. The van der Waals surface area contributed by atoms with Gasteiger partial charge in [-0.25, -0.2) is 13.2 Å². The van der Waals surface area contributed by atoms with E-state index in [0.29, 0.717) is 24.4 Å². The average Bonchev–Trinajstić information content (AvgIpc) is 2.39. The zero-order chi connectivity index (χ0) is 14.8. The lowest BCUT2D eigenvalue weighted by Crippen LogP contribution is -2.40. The third-order valence-corrected chi connectivity index (χ3v) is 4.71. The topological polar surface area (TPSA) is 63.7 Å². The zero-order valence-electron chi connectivity index (χ0n) is 11.3. The van der Waals surface area contributed by atoms with Crippen LogP contribution in [0.3, 0.4) is 0 Å². The Balaban J connectivity index is 2.02. The lowest BCUT2D eigenvalue weighted by molar-refractivity contribution is -0.130. The summed E-state index contributed by atoms with van der Waals surface area (Å²) >= 11 is 0. The van der Waals surface area contributed by atoms with E-state index in [9.17, 15) is 13.2 Å². The number of carbonyl (C=O) groups excluding carboxylic acids is 1. The van der Waals surface area contributed by atoms with Gasteiger partial charge in [0.15, 0.2) is 9.84 Å². The molecule has 0 radical (unpaired) electrons. The van der Waals surface area contributed by atoms with Crippen molar-refractivity contribution in [3.8, 4) is 5.75 Å². The Kier molecular flexibility index (Phi) is 4.13. The third kappa shape index (κ3) is 3.60. The summed E-state index contributed by atoms with van der Waals surface area (Å²) in [6, 6.07) is 7.02. The second-order valence-corrected chi connectivity index (χ2v) is 7.11. The lowest BCUT2D eigenvalue weighted by Gasteiger charge is -2.28. The highest BCUT2D eigenvalue weighted by atomic mass is 32.2. The Bertz CT molecular complexity index is 605. The maximum Gasteiger partial charge on any atom is 0.338 e. The molecule has 0 saturated carbocycles. The number of nitrogens with zero attached hydrogens (tertiary/aromatic N) is 1. The molecular weight excluding hydrogens is 278 g/mol. The normalized spacial score (nSPS) is 17.6. The summed E-state index contributed by atoms with van der Waals surface area (Å²) in [5.41, 5.74) is 1.27. The number of anilines is 1. The van der Waals surface area contributed by atoms with E-state index in [4.69, 9.17) is 4.74 Å². The van der Waals surface area contributed by atoms with Gasteiger partial charge >= 0.3 is 5.97 Å². The number of esters is 1. The van der Waals surface area contributed by atoms with Crippen LogP contribution in [0.4, 0.5) is 5.69 Å². The van der Waals surface area contributed by atoms with Crippen LogP contribution in [0.1, 0.15) is 6.92 Å². The molecule has 1 aliphatic rings. The van der Waals surface area contributed by atoms with Gasteiger partial charge in [-0.05, 0) is 31.2 Å². The molecule has 0 atom stereocenters. The molecule has 1 fully saturated rings. The van der Waals surface area contributed by atoms with Crippen molar-refractivity contribution in [2.24, 2.45) is 0 Å². The maximum absolute atomic E-state index is 11.4. The molecule has 1 saturated heterocycles. The Morgan fingerprint density at radius 1 is 1.20 bits per heavy atom. The van der Waals surface area contributed by atoms with E-state index < -0.39 is 15.8 Å². The summed E-state index contributed by atoms with van der Waals surface area (Å²) in [6.07, 6.45) is 0. The van der Waals surface area contributed by atoms with E-state index in [1.165, 1.54) is 0 Å². The molecule has 0 N–H and O–H groups in total. The third-order valence-electron chi connectivity index (χ3n) is 3.11. The van der Waals surface area contributed by atoms with E-state index in [0.717, 1.165) is 5.69 Å². The molecule has 1 aromatic rings. The van der Waals surface area contributed by atoms with Crippen LogP contribution >= 0.6 is 0 Å². The second kappa shape index (κ2) is 5.66. The summed E-state index contributed by atoms with van der Waals surface area (Å²) in [4.78, 5) is 13.4. The summed E-state index contributed by atoms with van der Waals surface area (Å²) in [6.45, 7) is 6.09. The van der Waals surface area contributed by atoms with Gasteiger partial charge in [-0.3, -0.25) is 0 Å². The van der Waals surface area contributed by atoms with Crippen LogP contribution in [0.5, 0.6) is 5.75 Å². The van der Waals surface area contributed by atoms with Crippen molar-refractivity contribution in [1.82, 2.24) is 0 Å². The second-order valence-electron chi connectivity index (χ2n) is 4.80. The van der Waals surface area contributed by atoms with Gasteiger partial charge in [0.2, 0.25) is 0 Å². The van der Waals surface area contributed by atoms with Gasteiger partial charge < -0.3 is 9.64 Å². The monoisotopic (exact) mass is 295 g/mol. The van der Waals surface area contributed by atoms with Gasteiger partial charge in [-0.15, -0.1) is 0 Å². The molecule has 1 aliphatic heterocycles. The van der Waals surface area contributed by atoms with Gasteiger partial charge in [0.1, 0.15) is 5.75 Å². The highest BCUT2D eigenvalue weighted by molar-refractivity contribution is 7.91. The summed E-state index contributed by atoms with van der Waals surface area (Å²) in [7, 11) is -2.88. The first-order valence-electron chi connectivity index (χ1n) is 6.30. The highest BCUT2D eigenvalue weighted by Gasteiger charge is 2.21. The fourth-order valence-corrected chi connectivity index (χ4v) is 3.09. The molecule has 5 nitrogen and oxygen atoms in total. The summed E-state index contributed by atoms with van der Waals surface area (Å²) in [5.74, 6) is 0.354. The Morgan fingerprint density at radius 2 is 1.75 bits per heavy atom. The van der Waals surface area contributed by atoms with Crippen LogP contribution in [0.25, 0.3) is 0 Å². The molecule has 0 amide bonds. The van der Waals surface area contributed by atoms with Crippen LogP contribution < -0.4 is 9.64 Å². The molecular formula is C14H17NO4S. The number of ether oxygens (including phenoxy) is 1. The van der Waals surface area contributed by atoms with Crippen molar-refractivity contribution in [2.45, 2.75) is 6.92 Å². The van der Waals surface area contributed by atoms with Gasteiger partial charge in [0.05, 0.1) is 11.5 Å². The van der Waals surface area contributed by atoms with Crippen molar-refractivity contribution in [1.29, 1.82) is 0 Å². The first-order valence-corrected chi connectivity index (χ1v) is 8.13. The summed E-state index contributed by atoms with van der Waals surface area (Å²) in [5, 5.41) is 0. The van der Waals surface area contributed by atoms with E-state index in [1.807, 2.05) is 17.0 Å². The van der Waals surface area contributed by atoms with E-state index in [-0.39, 0.29) is 11.5 Å². The van der Waals surface area contributed by atoms with Crippen molar-refractivity contribution >= 4 is 21.5 Å². The fourth-order valence-electron chi connectivity index (χ4n) is 1.89. The number of hydrogen-bond donors (Lipinski definition) is 0. The van der Waals surface area contributed by atoms with E-state index in [2.05, 4.69) is 6.58 Å². The molecule has 0 unspecified atom stereocenters. The first kappa shape index (κ1) is 14.6. The van der Waals surface area contributed by atoms with Crippen LogP contribution in [-0.2, 0) is 14.6 Å². The maximum atomic E-state index is 11.4. The van der Waals surface area contributed by atoms with Crippen molar-refractivity contribution in [2.75, 3.05) is 29.5 Å². The predicted octanol–water partition coefficient (Wildman–Crippen LogP) is 1.40. The molecule has 0 aliphatic carbocycles. The molecule has 108 valence electrons. The largest absolute Gasteiger partial charge is 0.423 e. The molecule has 0 spiro atoms. The molecule has 2 rings (SSSR count). The van der Waals surface area contributed by atoms with Gasteiger partial charge in [0, 0.05) is 24.4 Å². The van der Waals surface area contributed by atoms with Gasteiger partial charge in [-0.1, -0.05) is 6.58 Å². The summed E-state index contributed by atoms with van der Waals surface area (Å²) < 4.78 is 27.8. The molecule has 0 aromatic heterocycles. The minimum atomic E-state index is -2.88. The minimum absolute atomic E-state index is 0.180. The molecule has 6 heteroatoms. The van der Waals surface area contributed by atoms with Crippen molar-refractivity contribution in [3.05, 3.63) is 36.4 Å². The van der Waals surface area contributed by atoms with Gasteiger partial charge in [-0.2, -0.15) is 0 Å². The highest BCUT2D eigenvalue weighted by Crippen LogP contribution is 2.21. The van der Waals surface area contributed by atoms with Crippen LogP contribution in [-0.4, -0.2) is 39.0 Å². The molecule has 0 bridgehead atoms. The standard InChI is InChI=1S/C14H17NO4S/c1-11(2)14(16)19-13-5-3-12(4-6-13)15-7-9-20(17,18)10-8-15/h3-6H,1,7-10H2,2H3. The van der Waals surface area contributed by atoms with Crippen molar-refractivity contribution in [3.63, 3.8) is 0 Å². The molecule has 20 heavy (non-hydrogen) atoms. The fraction of sp³-hybridized carbons (Fsp3) is 0.357. The Hall–Kier alpha value is -1.82. The zero-order valence-corrected chi connectivity index (χ0v) is 12.1. The van der Waals surface area contributed by atoms with Crippen molar-refractivity contribution < 1.29 is 17.9 Å². The van der Waals surface area contributed by atoms with Crippen LogP contribution in [0.15, 0.2) is 36.4 Å². The van der Waals surface area contributed by atoms with E-state index in [1.54, 1.807) is 19.1 Å². The number of carbonyl (C=O) groups is 1. The van der Waals surface area contributed by atoms with Gasteiger partial charge in [0.25, 0.3) is 0 Å². The number of hydrogen-bond acceptors (Lipinski definition) is 5. The van der Waals surface area contributed by atoms with Crippen LogP contribution in [0, 0.1) is 0 Å². The minimum Gasteiger partial charge on any atom is -0.423 e. The predicted molar refractivity (Wildman–Crippen MR) is 77.8 cm³/mol. The number of benzene rings is 1. The number of rotatable bonds is 3. The molecule has 1 heterocycles. The smallest absolute Gasteiger partial charge is 0.338 e. The van der Waals surface area contributed by atoms with E-state index >= 15 is 0 Å². The average molecular weight is 295 g/mol. The number of sulfone groups is 1. The van der Waals surface area contributed by atoms with Crippen LogP contribution in [0.2, 0.25) is 0 Å². The quantitative estimate of drug-likeness (QED) is 0.479. The first-order chi connectivity index (χ1) is 9.37.